The van der Waals surface area contributed by atoms with Crippen molar-refractivity contribution in [2.45, 2.75) is 57.8 Å². The largest absolute Gasteiger partial charge is 0.481 e. The molecule has 4 heteroatoms. The van der Waals surface area contributed by atoms with Crippen molar-refractivity contribution in [3.8, 4) is 0 Å². The number of unbranched alkanes of at least 4 members (excludes halogenated alkanes) is 6. The van der Waals surface area contributed by atoms with Crippen LogP contribution < -0.4 is 0 Å². The van der Waals surface area contributed by atoms with E-state index in [0.717, 1.165) is 44.9 Å². The van der Waals surface area contributed by atoms with Crippen LogP contribution in [-0.4, -0.2) is 22.2 Å². The molecular formula is C16H26O4. The number of rotatable bonds is 13. The molecule has 0 amide bonds. The molecule has 0 saturated heterocycles. The molecule has 0 aromatic carbocycles. The molecule has 0 rings (SSSR count). The van der Waals surface area contributed by atoms with Crippen LogP contribution in [0.2, 0.25) is 0 Å². The highest BCUT2D eigenvalue weighted by Crippen LogP contribution is 2.28. The lowest BCUT2D eigenvalue weighted by molar-refractivity contribution is -0.144. The first kappa shape index (κ1) is 18.4. The SMILES string of the molecule is C=CC(C=C)(CCCCCCCCCC(=O)O)C(=O)O. The Morgan fingerprint density at radius 3 is 1.70 bits per heavy atom. The average Bonchev–Trinajstić information content (AvgIpc) is 2.41. The van der Waals surface area contributed by atoms with Gasteiger partial charge < -0.3 is 10.2 Å². The second-order valence-electron chi connectivity index (χ2n) is 5.12. The molecule has 0 aromatic rings. The maximum Gasteiger partial charge on any atom is 0.317 e. The van der Waals surface area contributed by atoms with Crippen LogP contribution in [0.3, 0.4) is 0 Å². The Balaban J connectivity index is 3.65. The lowest BCUT2D eigenvalue weighted by Gasteiger charge is -2.21. The van der Waals surface area contributed by atoms with Crippen LogP contribution in [0.25, 0.3) is 0 Å². The molecule has 0 unspecified atom stereocenters. The van der Waals surface area contributed by atoms with E-state index in [1.165, 1.54) is 12.2 Å². The van der Waals surface area contributed by atoms with Crippen molar-refractivity contribution in [3.05, 3.63) is 25.3 Å². The highest BCUT2D eigenvalue weighted by molar-refractivity contribution is 5.79. The van der Waals surface area contributed by atoms with Gasteiger partial charge in [-0.1, -0.05) is 50.7 Å². The molecule has 0 saturated carbocycles. The number of carboxylic acids is 2. The summed E-state index contributed by atoms with van der Waals surface area (Å²) in [5.41, 5.74) is -0.999. The Morgan fingerprint density at radius 1 is 0.850 bits per heavy atom. The van der Waals surface area contributed by atoms with Gasteiger partial charge in [-0.3, -0.25) is 9.59 Å². The van der Waals surface area contributed by atoms with Crippen LogP contribution in [0, 0.1) is 5.41 Å². The van der Waals surface area contributed by atoms with Crippen LogP contribution in [0.1, 0.15) is 57.8 Å². The van der Waals surface area contributed by atoms with E-state index in [2.05, 4.69) is 13.2 Å². The Morgan fingerprint density at radius 2 is 1.30 bits per heavy atom. The molecule has 114 valence electrons. The van der Waals surface area contributed by atoms with Gasteiger partial charge >= 0.3 is 11.9 Å². The molecule has 0 spiro atoms. The Labute approximate surface area is 121 Å². The van der Waals surface area contributed by atoms with Crippen molar-refractivity contribution in [2.75, 3.05) is 0 Å². The van der Waals surface area contributed by atoms with E-state index in [0.29, 0.717) is 6.42 Å². The fourth-order valence-electron chi connectivity index (χ4n) is 2.15. The summed E-state index contributed by atoms with van der Waals surface area (Å²) in [5.74, 6) is -1.62. The molecule has 0 aliphatic rings. The van der Waals surface area contributed by atoms with Gasteiger partial charge in [0.1, 0.15) is 5.41 Å². The van der Waals surface area contributed by atoms with Gasteiger partial charge in [0.15, 0.2) is 0 Å². The second kappa shape index (κ2) is 10.2. The lowest BCUT2D eigenvalue weighted by atomic mass is 9.83. The predicted molar refractivity (Wildman–Crippen MR) is 79.7 cm³/mol. The van der Waals surface area contributed by atoms with Gasteiger partial charge in [-0.2, -0.15) is 0 Å². The van der Waals surface area contributed by atoms with Crippen molar-refractivity contribution >= 4 is 11.9 Å². The third-order valence-electron chi connectivity index (χ3n) is 3.61. The van der Waals surface area contributed by atoms with Gasteiger partial charge in [-0.25, -0.2) is 0 Å². The molecule has 0 fully saturated rings. The van der Waals surface area contributed by atoms with E-state index < -0.39 is 17.4 Å². The van der Waals surface area contributed by atoms with Gasteiger partial charge in [0.25, 0.3) is 0 Å². The van der Waals surface area contributed by atoms with Gasteiger partial charge in [0.05, 0.1) is 0 Å². The number of carboxylic acid groups (broad SMARTS) is 2. The van der Waals surface area contributed by atoms with E-state index >= 15 is 0 Å². The summed E-state index contributed by atoms with van der Waals surface area (Å²) in [6.07, 6.45) is 10.4. The first-order valence-electron chi connectivity index (χ1n) is 7.21. The summed E-state index contributed by atoms with van der Waals surface area (Å²) < 4.78 is 0. The summed E-state index contributed by atoms with van der Waals surface area (Å²) >= 11 is 0. The molecule has 0 heterocycles. The zero-order chi connectivity index (χ0) is 15.4. The summed E-state index contributed by atoms with van der Waals surface area (Å²) in [7, 11) is 0. The first-order chi connectivity index (χ1) is 9.48. The van der Waals surface area contributed by atoms with Crippen molar-refractivity contribution in [1.82, 2.24) is 0 Å². The standard InChI is InChI=1S/C16H26O4/c1-3-16(4-2,15(19)20)13-11-9-7-5-6-8-10-12-14(17)18/h3-4H,1-2,5-13H2,(H,17,18)(H,19,20). The van der Waals surface area contributed by atoms with E-state index in [1.807, 2.05) is 0 Å². The zero-order valence-electron chi connectivity index (χ0n) is 12.1. The van der Waals surface area contributed by atoms with Crippen LogP contribution in [-0.2, 0) is 9.59 Å². The number of hydrogen-bond acceptors (Lipinski definition) is 2. The van der Waals surface area contributed by atoms with Gasteiger partial charge in [-0.15, -0.1) is 13.2 Å². The van der Waals surface area contributed by atoms with Crippen LogP contribution in [0.15, 0.2) is 25.3 Å². The topological polar surface area (TPSA) is 74.6 Å². The van der Waals surface area contributed by atoms with E-state index in [-0.39, 0.29) is 6.42 Å². The zero-order valence-corrected chi connectivity index (χ0v) is 12.1. The highest BCUT2D eigenvalue weighted by Gasteiger charge is 2.30. The van der Waals surface area contributed by atoms with Gasteiger partial charge in [0.2, 0.25) is 0 Å². The monoisotopic (exact) mass is 282 g/mol. The molecule has 0 aliphatic heterocycles. The minimum atomic E-state index is -0.999. The Hall–Kier alpha value is -1.58. The third-order valence-corrected chi connectivity index (χ3v) is 3.61. The highest BCUT2D eigenvalue weighted by atomic mass is 16.4. The molecule has 2 N–H and O–H groups in total. The van der Waals surface area contributed by atoms with Crippen molar-refractivity contribution in [2.24, 2.45) is 5.41 Å². The molecular weight excluding hydrogens is 256 g/mol. The molecule has 0 aliphatic carbocycles. The average molecular weight is 282 g/mol. The molecule has 0 radical (unpaired) electrons. The summed E-state index contributed by atoms with van der Waals surface area (Å²) in [6, 6.07) is 0. The van der Waals surface area contributed by atoms with Gasteiger partial charge in [0, 0.05) is 6.42 Å². The van der Waals surface area contributed by atoms with E-state index in [9.17, 15) is 14.7 Å². The minimum absolute atomic E-state index is 0.250. The quantitative estimate of drug-likeness (QED) is 0.395. The smallest absolute Gasteiger partial charge is 0.317 e. The first-order valence-corrected chi connectivity index (χ1v) is 7.21. The number of carbonyl (C=O) groups is 2. The second-order valence-corrected chi connectivity index (χ2v) is 5.12. The van der Waals surface area contributed by atoms with Crippen molar-refractivity contribution in [3.63, 3.8) is 0 Å². The summed E-state index contributed by atoms with van der Waals surface area (Å²) in [6.45, 7) is 7.18. The number of aliphatic carboxylic acids is 2. The summed E-state index contributed by atoms with van der Waals surface area (Å²) in [4.78, 5) is 21.5. The maximum atomic E-state index is 11.2. The fourth-order valence-corrected chi connectivity index (χ4v) is 2.15. The predicted octanol–water partition coefficient (Wildman–Crippen LogP) is 4.02. The van der Waals surface area contributed by atoms with Crippen LogP contribution >= 0.6 is 0 Å². The lowest BCUT2D eigenvalue weighted by Crippen LogP contribution is -2.25. The van der Waals surface area contributed by atoms with Gasteiger partial charge in [-0.05, 0) is 12.8 Å². The minimum Gasteiger partial charge on any atom is -0.481 e. The maximum absolute atomic E-state index is 11.2. The molecule has 0 aromatic heterocycles. The van der Waals surface area contributed by atoms with Crippen molar-refractivity contribution < 1.29 is 19.8 Å². The Bertz CT molecular complexity index is 325. The molecule has 20 heavy (non-hydrogen) atoms. The summed E-state index contributed by atoms with van der Waals surface area (Å²) in [5, 5.41) is 17.7. The number of hydrogen-bond donors (Lipinski definition) is 2. The van der Waals surface area contributed by atoms with Crippen LogP contribution in [0.4, 0.5) is 0 Å². The van der Waals surface area contributed by atoms with E-state index in [1.54, 1.807) is 0 Å². The van der Waals surface area contributed by atoms with Crippen molar-refractivity contribution in [1.29, 1.82) is 0 Å². The molecule has 4 nitrogen and oxygen atoms in total. The molecule has 0 bridgehead atoms. The van der Waals surface area contributed by atoms with Crippen LogP contribution in [0.5, 0.6) is 0 Å². The Kier molecular flexibility index (Phi) is 9.43. The third kappa shape index (κ3) is 7.12. The van der Waals surface area contributed by atoms with E-state index in [4.69, 9.17) is 5.11 Å². The normalized spacial score (nSPS) is 11.0. The molecule has 0 atom stereocenters. The fraction of sp³-hybridized carbons (Fsp3) is 0.625.